The van der Waals surface area contributed by atoms with Crippen molar-refractivity contribution < 1.29 is 0 Å². The molecule has 0 aromatic heterocycles. The van der Waals surface area contributed by atoms with E-state index in [2.05, 4.69) is 18.8 Å². The quantitative estimate of drug-likeness (QED) is 0.483. The number of hydrogen-bond donors (Lipinski definition) is 1. The molecule has 0 aromatic carbocycles. The standard InChI is InChI=1S/C6H14N2S/c1-3-5-8-6(7)9-4-2/h3-5H2,1-2H3,(H2,7,8). The molecular weight excluding hydrogens is 132 g/mol. The normalized spacial score (nSPS) is 12.0. The number of nitrogens with zero attached hydrogens (tertiary/aromatic N) is 1. The Bertz CT molecular complexity index is 91.1. The third-order valence-electron chi connectivity index (χ3n) is 0.783. The fourth-order valence-electron chi connectivity index (χ4n) is 0.416. The second kappa shape index (κ2) is 5.95. The minimum Gasteiger partial charge on any atom is -0.379 e. The van der Waals surface area contributed by atoms with Crippen molar-refractivity contribution >= 4 is 16.9 Å². The van der Waals surface area contributed by atoms with Crippen LogP contribution in [-0.4, -0.2) is 17.5 Å². The lowest BCUT2D eigenvalue weighted by Gasteiger charge is -1.94. The number of amidine groups is 1. The van der Waals surface area contributed by atoms with Crippen LogP contribution in [0, 0.1) is 0 Å². The Hall–Kier alpha value is -0.180. The van der Waals surface area contributed by atoms with Gasteiger partial charge in [0.05, 0.1) is 0 Å². The van der Waals surface area contributed by atoms with E-state index in [9.17, 15) is 0 Å². The molecule has 0 saturated carbocycles. The van der Waals surface area contributed by atoms with Crippen molar-refractivity contribution in [1.82, 2.24) is 0 Å². The van der Waals surface area contributed by atoms with Crippen LogP contribution in [0.1, 0.15) is 20.3 Å². The van der Waals surface area contributed by atoms with E-state index in [4.69, 9.17) is 5.73 Å². The zero-order valence-electron chi connectivity index (χ0n) is 6.05. The molecule has 0 aliphatic rings. The van der Waals surface area contributed by atoms with Crippen molar-refractivity contribution in [2.75, 3.05) is 12.3 Å². The Labute approximate surface area is 60.9 Å². The molecule has 0 fully saturated rings. The van der Waals surface area contributed by atoms with Crippen LogP contribution in [0.4, 0.5) is 0 Å². The van der Waals surface area contributed by atoms with Gasteiger partial charge in [-0.15, -0.1) is 0 Å². The maximum atomic E-state index is 5.48. The van der Waals surface area contributed by atoms with Gasteiger partial charge in [0.25, 0.3) is 0 Å². The molecule has 0 radical (unpaired) electrons. The Morgan fingerprint density at radius 2 is 2.22 bits per heavy atom. The van der Waals surface area contributed by atoms with Crippen molar-refractivity contribution in [2.24, 2.45) is 10.7 Å². The van der Waals surface area contributed by atoms with E-state index in [-0.39, 0.29) is 0 Å². The Morgan fingerprint density at radius 3 is 2.67 bits per heavy atom. The molecule has 0 amide bonds. The van der Waals surface area contributed by atoms with Gasteiger partial charge in [-0.25, -0.2) is 0 Å². The molecule has 0 aliphatic carbocycles. The number of aliphatic imine (C=N–C) groups is 1. The van der Waals surface area contributed by atoms with Gasteiger partial charge >= 0.3 is 0 Å². The van der Waals surface area contributed by atoms with Crippen LogP contribution >= 0.6 is 11.8 Å². The van der Waals surface area contributed by atoms with Gasteiger partial charge in [0.2, 0.25) is 0 Å². The summed E-state index contributed by atoms with van der Waals surface area (Å²) < 4.78 is 0. The van der Waals surface area contributed by atoms with Crippen LogP contribution in [0.15, 0.2) is 4.99 Å². The average molecular weight is 146 g/mol. The molecule has 0 unspecified atom stereocenters. The Kier molecular flexibility index (Phi) is 5.83. The van der Waals surface area contributed by atoms with Crippen LogP contribution in [0.3, 0.4) is 0 Å². The van der Waals surface area contributed by atoms with Gasteiger partial charge < -0.3 is 5.73 Å². The van der Waals surface area contributed by atoms with Gasteiger partial charge in [0.1, 0.15) is 0 Å². The molecule has 0 saturated heterocycles. The topological polar surface area (TPSA) is 38.4 Å². The molecule has 3 heteroatoms. The number of hydrogen-bond acceptors (Lipinski definition) is 2. The van der Waals surface area contributed by atoms with E-state index < -0.39 is 0 Å². The molecule has 2 nitrogen and oxygen atoms in total. The van der Waals surface area contributed by atoms with Gasteiger partial charge in [0.15, 0.2) is 5.17 Å². The fraction of sp³-hybridized carbons (Fsp3) is 0.833. The summed E-state index contributed by atoms with van der Waals surface area (Å²) in [6, 6.07) is 0. The van der Waals surface area contributed by atoms with Crippen LogP contribution in [0.25, 0.3) is 0 Å². The molecule has 9 heavy (non-hydrogen) atoms. The highest BCUT2D eigenvalue weighted by molar-refractivity contribution is 8.13. The third-order valence-corrected chi connectivity index (χ3v) is 1.50. The predicted octanol–water partition coefficient (Wildman–Crippen LogP) is 1.46. The number of rotatable bonds is 3. The molecule has 0 rings (SSSR count). The van der Waals surface area contributed by atoms with Crippen molar-refractivity contribution in [3.63, 3.8) is 0 Å². The van der Waals surface area contributed by atoms with Gasteiger partial charge in [-0.1, -0.05) is 25.6 Å². The van der Waals surface area contributed by atoms with Crippen molar-refractivity contribution in [3.8, 4) is 0 Å². The average Bonchev–Trinajstić information content (AvgIpc) is 1.85. The minimum atomic E-state index is 0.722. The summed E-state index contributed by atoms with van der Waals surface area (Å²) in [5.41, 5.74) is 5.48. The largest absolute Gasteiger partial charge is 0.379 e. The Balaban J connectivity index is 3.30. The second-order valence-corrected chi connectivity index (χ2v) is 2.94. The van der Waals surface area contributed by atoms with Crippen LogP contribution in [-0.2, 0) is 0 Å². The monoisotopic (exact) mass is 146 g/mol. The smallest absolute Gasteiger partial charge is 0.153 e. The molecule has 0 heterocycles. The maximum absolute atomic E-state index is 5.48. The maximum Gasteiger partial charge on any atom is 0.153 e. The van der Waals surface area contributed by atoms with E-state index in [1.807, 2.05) is 0 Å². The summed E-state index contributed by atoms with van der Waals surface area (Å²) in [5.74, 6) is 1.01. The predicted molar refractivity (Wildman–Crippen MR) is 44.9 cm³/mol. The van der Waals surface area contributed by atoms with Crippen molar-refractivity contribution in [3.05, 3.63) is 0 Å². The first kappa shape index (κ1) is 8.82. The molecule has 0 aromatic rings. The first-order chi connectivity index (χ1) is 4.31. The van der Waals surface area contributed by atoms with Gasteiger partial charge in [-0.2, -0.15) is 0 Å². The minimum absolute atomic E-state index is 0.722. The van der Waals surface area contributed by atoms with Crippen LogP contribution < -0.4 is 5.73 Å². The first-order valence-corrected chi connectivity index (χ1v) is 4.22. The zero-order chi connectivity index (χ0) is 7.11. The lowest BCUT2D eigenvalue weighted by molar-refractivity contribution is 0.934. The lowest BCUT2D eigenvalue weighted by atomic mass is 10.5. The fourth-order valence-corrected chi connectivity index (χ4v) is 0.894. The second-order valence-electron chi connectivity index (χ2n) is 1.65. The summed E-state index contributed by atoms with van der Waals surface area (Å²) in [6.07, 6.45) is 1.07. The third kappa shape index (κ3) is 5.69. The van der Waals surface area contributed by atoms with Crippen molar-refractivity contribution in [2.45, 2.75) is 20.3 Å². The van der Waals surface area contributed by atoms with E-state index in [0.717, 1.165) is 23.9 Å². The summed E-state index contributed by atoms with van der Waals surface area (Å²) in [4.78, 5) is 4.09. The number of thioether (sulfide) groups is 1. The summed E-state index contributed by atoms with van der Waals surface area (Å²) in [6.45, 7) is 5.02. The molecule has 2 N–H and O–H groups in total. The van der Waals surface area contributed by atoms with Crippen molar-refractivity contribution in [1.29, 1.82) is 0 Å². The summed E-state index contributed by atoms with van der Waals surface area (Å²) in [7, 11) is 0. The molecular formula is C6H14N2S. The van der Waals surface area contributed by atoms with Gasteiger partial charge in [-0.05, 0) is 12.2 Å². The highest BCUT2D eigenvalue weighted by Crippen LogP contribution is 1.97. The van der Waals surface area contributed by atoms with Gasteiger partial charge in [-0.3, -0.25) is 4.99 Å². The molecule has 0 bridgehead atoms. The zero-order valence-corrected chi connectivity index (χ0v) is 6.87. The molecule has 0 aliphatic heterocycles. The van der Waals surface area contributed by atoms with E-state index >= 15 is 0 Å². The SMILES string of the molecule is CCCN=C(N)SCC. The first-order valence-electron chi connectivity index (χ1n) is 3.24. The summed E-state index contributed by atoms with van der Waals surface area (Å²) in [5, 5.41) is 0.722. The van der Waals surface area contributed by atoms with E-state index in [1.54, 1.807) is 11.8 Å². The molecule has 0 spiro atoms. The van der Waals surface area contributed by atoms with Crippen LogP contribution in [0.5, 0.6) is 0 Å². The highest BCUT2D eigenvalue weighted by atomic mass is 32.2. The van der Waals surface area contributed by atoms with Gasteiger partial charge in [0, 0.05) is 6.54 Å². The lowest BCUT2D eigenvalue weighted by Crippen LogP contribution is -2.07. The Morgan fingerprint density at radius 1 is 1.56 bits per heavy atom. The van der Waals surface area contributed by atoms with Crippen LogP contribution in [0.2, 0.25) is 0 Å². The summed E-state index contributed by atoms with van der Waals surface area (Å²) >= 11 is 1.60. The molecule has 54 valence electrons. The number of nitrogens with two attached hydrogens (primary N) is 1. The van der Waals surface area contributed by atoms with E-state index in [1.165, 1.54) is 0 Å². The molecule has 0 atom stereocenters. The highest BCUT2D eigenvalue weighted by Gasteiger charge is 1.86. The van der Waals surface area contributed by atoms with E-state index in [0.29, 0.717) is 0 Å².